The van der Waals surface area contributed by atoms with E-state index < -0.39 is 5.97 Å². The Bertz CT molecular complexity index is 509. The highest BCUT2D eigenvalue weighted by Crippen LogP contribution is 2.26. The van der Waals surface area contributed by atoms with Crippen molar-refractivity contribution in [3.8, 4) is 0 Å². The topological polar surface area (TPSA) is 77.5 Å². The number of benzene rings is 1. The van der Waals surface area contributed by atoms with Crippen molar-refractivity contribution in [2.75, 3.05) is 4.90 Å². The number of carboxylic acid groups (broad SMARTS) is 1. The number of rotatable bonds is 2. The molecule has 5 heteroatoms. The highest BCUT2D eigenvalue weighted by Gasteiger charge is 2.36. The number of hydrogen-bond acceptors (Lipinski definition) is 4. The Balaban J connectivity index is 2.40. The van der Waals surface area contributed by atoms with Gasteiger partial charge in [-0.2, -0.15) is 0 Å². The van der Waals surface area contributed by atoms with Gasteiger partial charge in [-0.1, -0.05) is 19.1 Å². The summed E-state index contributed by atoms with van der Waals surface area (Å²) in [7, 11) is 0. The number of anilines is 1. The Labute approximate surface area is 97.7 Å². The lowest BCUT2D eigenvalue weighted by atomic mass is 10.1. The summed E-state index contributed by atoms with van der Waals surface area (Å²) in [4.78, 5) is 35.1. The molecule has 1 aliphatic rings. The number of carbonyl (C=O) groups is 3. The molecule has 0 aliphatic carbocycles. The summed E-state index contributed by atoms with van der Waals surface area (Å²) in [5.74, 6) is -2.29. The van der Waals surface area contributed by atoms with E-state index in [1.54, 1.807) is 6.92 Å². The first-order chi connectivity index (χ1) is 8.00. The van der Waals surface area contributed by atoms with Crippen LogP contribution < -0.4 is 10.0 Å². The van der Waals surface area contributed by atoms with Gasteiger partial charge in [0.25, 0.3) is 0 Å². The van der Waals surface area contributed by atoms with Crippen LogP contribution in [0.2, 0.25) is 0 Å². The van der Waals surface area contributed by atoms with Crippen LogP contribution in [-0.4, -0.2) is 17.8 Å². The Kier molecular flexibility index (Phi) is 2.67. The molecule has 1 aromatic rings. The van der Waals surface area contributed by atoms with E-state index in [4.69, 9.17) is 0 Å². The predicted molar refractivity (Wildman–Crippen MR) is 57.0 cm³/mol. The second-order valence-corrected chi connectivity index (χ2v) is 4.01. The van der Waals surface area contributed by atoms with E-state index in [9.17, 15) is 19.5 Å². The monoisotopic (exact) mass is 232 g/mol. The molecule has 0 radical (unpaired) electrons. The number of amides is 2. The van der Waals surface area contributed by atoms with Crippen LogP contribution in [0, 0.1) is 5.92 Å². The van der Waals surface area contributed by atoms with Gasteiger partial charge in [0.2, 0.25) is 11.8 Å². The maximum Gasteiger partial charge on any atom is 0.237 e. The molecule has 0 saturated carbocycles. The van der Waals surface area contributed by atoms with Crippen LogP contribution in [0.15, 0.2) is 24.3 Å². The SMILES string of the molecule is C[C@@H]1CC(=O)N(c2cccc(C(=O)[O-])c2)C1=O. The fourth-order valence-electron chi connectivity index (χ4n) is 1.83. The molecule has 2 rings (SSSR count). The van der Waals surface area contributed by atoms with Crippen LogP contribution in [0.5, 0.6) is 0 Å². The molecule has 1 aromatic carbocycles. The fraction of sp³-hybridized carbons (Fsp3) is 0.250. The lowest BCUT2D eigenvalue weighted by Crippen LogP contribution is -2.30. The van der Waals surface area contributed by atoms with Gasteiger partial charge >= 0.3 is 0 Å². The van der Waals surface area contributed by atoms with E-state index in [1.807, 2.05) is 0 Å². The fourth-order valence-corrected chi connectivity index (χ4v) is 1.83. The van der Waals surface area contributed by atoms with Crippen molar-refractivity contribution in [1.29, 1.82) is 0 Å². The number of aromatic carboxylic acids is 1. The minimum atomic E-state index is -1.33. The van der Waals surface area contributed by atoms with Gasteiger partial charge < -0.3 is 9.90 Å². The first-order valence-electron chi connectivity index (χ1n) is 5.19. The van der Waals surface area contributed by atoms with Crippen molar-refractivity contribution in [2.45, 2.75) is 13.3 Å². The van der Waals surface area contributed by atoms with Crippen LogP contribution in [-0.2, 0) is 9.59 Å². The number of nitrogens with zero attached hydrogens (tertiary/aromatic N) is 1. The molecule has 0 aromatic heterocycles. The van der Waals surface area contributed by atoms with Crippen molar-refractivity contribution in [1.82, 2.24) is 0 Å². The van der Waals surface area contributed by atoms with Gasteiger partial charge in [-0.15, -0.1) is 0 Å². The standard InChI is InChI=1S/C12H11NO4/c1-7-5-10(14)13(11(7)15)9-4-2-3-8(6-9)12(16)17/h2-4,6-7H,5H2,1H3,(H,16,17)/p-1/t7-/m1/s1. The molecule has 17 heavy (non-hydrogen) atoms. The van der Waals surface area contributed by atoms with Crippen LogP contribution >= 0.6 is 0 Å². The van der Waals surface area contributed by atoms with Gasteiger partial charge in [0.1, 0.15) is 0 Å². The summed E-state index contributed by atoms with van der Waals surface area (Å²) in [6, 6.07) is 5.63. The Morgan fingerprint density at radius 1 is 1.41 bits per heavy atom. The minimum absolute atomic E-state index is 0.0531. The molecule has 0 bridgehead atoms. The molecule has 1 heterocycles. The van der Waals surface area contributed by atoms with Crippen molar-refractivity contribution < 1.29 is 19.5 Å². The van der Waals surface area contributed by atoms with Crippen LogP contribution in [0.4, 0.5) is 5.69 Å². The molecule has 88 valence electrons. The number of imide groups is 1. The second-order valence-electron chi connectivity index (χ2n) is 4.01. The first kappa shape index (κ1) is 11.3. The molecule has 1 fully saturated rings. The van der Waals surface area contributed by atoms with Gasteiger partial charge in [-0.3, -0.25) is 14.5 Å². The van der Waals surface area contributed by atoms with Crippen LogP contribution in [0.1, 0.15) is 23.7 Å². The molecule has 0 spiro atoms. The van der Waals surface area contributed by atoms with Gasteiger partial charge in [-0.05, 0) is 17.7 Å². The molecular formula is C12H10NO4-. The lowest BCUT2D eigenvalue weighted by Gasteiger charge is -2.15. The maximum atomic E-state index is 11.7. The highest BCUT2D eigenvalue weighted by molar-refractivity contribution is 6.21. The Morgan fingerprint density at radius 2 is 2.12 bits per heavy atom. The Morgan fingerprint density at radius 3 is 2.65 bits per heavy atom. The van der Waals surface area contributed by atoms with Gasteiger partial charge in [-0.25, -0.2) is 0 Å². The van der Waals surface area contributed by atoms with Crippen LogP contribution in [0.25, 0.3) is 0 Å². The maximum absolute atomic E-state index is 11.7. The highest BCUT2D eigenvalue weighted by atomic mass is 16.4. The quantitative estimate of drug-likeness (QED) is 0.670. The van der Waals surface area contributed by atoms with E-state index >= 15 is 0 Å². The molecule has 1 saturated heterocycles. The average Bonchev–Trinajstić information content (AvgIpc) is 2.53. The third-order valence-corrected chi connectivity index (χ3v) is 2.71. The third-order valence-electron chi connectivity index (χ3n) is 2.71. The zero-order valence-electron chi connectivity index (χ0n) is 9.17. The summed E-state index contributed by atoms with van der Waals surface area (Å²) in [5.41, 5.74) is 0.230. The predicted octanol–water partition coefficient (Wildman–Crippen LogP) is -0.0505. The van der Waals surface area contributed by atoms with E-state index in [0.717, 1.165) is 4.90 Å². The summed E-state index contributed by atoms with van der Waals surface area (Å²) >= 11 is 0. The summed E-state index contributed by atoms with van der Waals surface area (Å²) in [6.45, 7) is 1.67. The minimum Gasteiger partial charge on any atom is -0.545 e. The summed E-state index contributed by atoms with van der Waals surface area (Å²) in [5, 5.41) is 10.7. The number of carboxylic acids is 1. The van der Waals surface area contributed by atoms with Crippen LogP contribution in [0.3, 0.4) is 0 Å². The first-order valence-corrected chi connectivity index (χ1v) is 5.19. The van der Waals surface area contributed by atoms with Gasteiger partial charge in [0.15, 0.2) is 0 Å². The zero-order chi connectivity index (χ0) is 12.6. The van der Waals surface area contributed by atoms with Crippen molar-refractivity contribution >= 4 is 23.5 Å². The molecular weight excluding hydrogens is 222 g/mol. The van der Waals surface area contributed by atoms with Crippen molar-refractivity contribution in [2.24, 2.45) is 5.92 Å². The van der Waals surface area contributed by atoms with E-state index in [-0.39, 0.29) is 35.4 Å². The van der Waals surface area contributed by atoms with Gasteiger partial charge in [0.05, 0.1) is 11.7 Å². The van der Waals surface area contributed by atoms with E-state index in [0.29, 0.717) is 0 Å². The molecule has 2 amide bonds. The Hall–Kier alpha value is -2.17. The van der Waals surface area contributed by atoms with E-state index in [2.05, 4.69) is 0 Å². The molecule has 1 atom stereocenters. The number of hydrogen-bond donors (Lipinski definition) is 0. The van der Waals surface area contributed by atoms with Gasteiger partial charge in [0, 0.05) is 12.3 Å². The van der Waals surface area contributed by atoms with Crippen molar-refractivity contribution in [3.05, 3.63) is 29.8 Å². The van der Waals surface area contributed by atoms with Crippen molar-refractivity contribution in [3.63, 3.8) is 0 Å². The second kappa shape index (κ2) is 4.01. The smallest absolute Gasteiger partial charge is 0.237 e. The lowest BCUT2D eigenvalue weighted by molar-refractivity contribution is -0.255. The zero-order valence-corrected chi connectivity index (χ0v) is 9.17. The van der Waals surface area contributed by atoms with E-state index in [1.165, 1.54) is 24.3 Å². The molecule has 0 N–H and O–H groups in total. The molecule has 0 unspecified atom stereocenters. The molecule has 5 nitrogen and oxygen atoms in total. The third kappa shape index (κ3) is 1.91. The summed E-state index contributed by atoms with van der Waals surface area (Å²) in [6.07, 6.45) is 0.161. The number of carbonyl (C=O) groups excluding carboxylic acids is 3. The largest absolute Gasteiger partial charge is 0.545 e. The molecule has 1 aliphatic heterocycles. The normalized spacial score (nSPS) is 19.8. The summed E-state index contributed by atoms with van der Waals surface area (Å²) < 4.78 is 0. The average molecular weight is 232 g/mol.